The zero-order chi connectivity index (χ0) is 15.0. The van der Waals surface area contributed by atoms with E-state index >= 15 is 0 Å². The van der Waals surface area contributed by atoms with Crippen molar-refractivity contribution in [1.82, 2.24) is 15.1 Å². The predicted molar refractivity (Wildman–Crippen MR) is 87.2 cm³/mol. The summed E-state index contributed by atoms with van der Waals surface area (Å²) in [6, 6.07) is 0.387. The average Bonchev–Trinajstić information content (AvgIpc) is 2.72. The maximum absolute atomic E-state index is 4.70. The molecule has 0 spiro atoms. The SMILES string of the molecule is CCCCCCCCCn1nc(C)c(C(C)NC)c1C. The zero-order valence-electron chi connectivity index (χ0n) is 14.1. The highest BCUT2D eigenvalue weighted by Gasteiger charge is 2.15. The van der Waals surface area contributed by atoms with Crippen molar-refractivity contribution in [2.45, 2.75) is 85.2 Å². The molecule has 1 aromatic rings. The molecule has 1 atom stereocenters. The summed E-state index contributed by atoms with van der Waals surface area (Å²) < 4.78 is 2.20. The first-order valence-electron chi connectivity index (χ1n) is 8.33. The first-order chi connectivity index (χ1) is 9.61. The second-order valence-corrected chi connectivity index (χ2v) is 5.94. The molecule has 0 bridgehead atoms. The zero-order valence-corrected chi connectivity index (χ0v) is 14.1. The van der Waals surface area contributed by atoms with Gasteiger partial charge in [0.25, 0.3) is 0 Å². The lowest BCUT2D eigenvalue weighted by Gasteiger charge is -2.11. The second kappa shape index (κ2) is 9.17. The Labute approximate surface area is 125 Å². The van der Waals surface area contributed by atoms with Crippen LogP contribution in [-0.2, 0) is 6.54 Å². The fourth-order valence-corrected chi connectivity index (χ4v) is 2.92. The molecule has 0 saturated heterocycles. The second-order valence-electron chi connectivity index (χ2n) is 5.94. The van der Waals surface area contributed by atoms with Crippen molar-refractivity contribution in [1.29, 1.82) is 0 Å². The van der Waals surface area contributed by atoms with Crippen molar-refractivity contribution < 1.29 is 0 Å². The third kappa shape index (κ3) is 4.93. The lowest BCUT2D eigenvalue weighted by Crippen LogP contribution is -2.14. The molecule has 0 aliphatic heterocycles. The van der Waals surface area contributed by atoms with Crippen LogP contribution in [0.15, 0.2) is 0 Å². The van der Waals surface area contributed by atoms with Crippen molar-refractivity contribution in [2.75, 3.05) is 7.05 Å². The maximum atomic E-state index is 4.70. The Morgan fingerprint density at radius 1 is 1.05 bits per heavy atom. The van der Waals surface area contributed by atoms with E-state index in [0.29, 0.717) is 6.04 Å². The number of unbranched alkanes of at least 4 members (excludes halogenated alkanes) is 6. The Hall–Kier alpha value is -0.830. The number of rotatable bonds is 10. The van der Waals surface area contributed by atoms with Gasteiger partial charge in [-0.25, -0.2) is 0 Å². The van der Waals surface area contributed by atoms with Crippen LogP contribution >= 0.6 is 0 Å². The quantitative estimate of drug-likeness (QED) is 0.638. The molecule has 0 aliphatic rings. The Kier molecular flexibility index (Phi) is 7.90. The van der Waals surface area contributed by atoms with E-state index in [1.54, 1.807) is 0 Å². The number of aromatic nitrogens is 2. The van der Waals surface area contributed by atoms with Crippen molar-refractivity contribution in [3.05, 3.63) is 17.0 Å². The first kappa shape index (κ1) is 17.2. The summed E-state index contributed by atoms with van der Waals surface area (Å²) in [4.78, 5) is 0. The smallest absolute Gasteiger partial charge is 0.0644 e. The van der Waals surface area contributed by atoms with Crippen LogP contribution in [0.25, 0.3) is 0 Å². The normalized spacial score (nSPS) is 12.8. The number of hydrogen-bond donors (Lipinski definition) is 1. The number of hydrogen-bond acceptors (Lipinski definition) is 2. The molecular formula is C17H33N3. The van der Waals surface area contributed by atoms with E-state index in [9.17, 15) is 0 Å². The van der Waals surface area contributed by atoms with Gasteiger partial charge in [0.2, 0.25) is 0 Å². The van der Waals surface area contributed by atoms with Gasteiger partial charge in [0.15, 0.2) is 0 Å². The molecule has 1 unspecified atom stereocenters. The van der Waals surface area contributed by atoms with Crippen LogP contribution in [-0.4, -0.2) is 16.8 Å². The van der Waals surface area contributed by atoms with Gasteiger partial charge in [0, 0.05) is 23.8 Å². The Balaban J connectivity index is 2.37. The summed E-state index contributed by atoms with van der Waals surface area (Å²) >= 11 is 0. The number of nitrogens with one attached hydrogen (secondary N) is 1. The fourth-order valence-electron chi connectivity index (χ4n) is 2.92. The van der Waals surface area contributed by atoms with Crippen molar-refractivity contribution in [3.8, 4) is 0 Å². The predicted octanol–water partition coefficient (Wildman–Crippen LogP) is 4.53. The largest absolute Gasteiger partial charge is 0.313 e. The number of aryl methyl sites for hydroxylation is 2. The van der Waals surface area contributed by atoms with Crippen molar-refractivity contribution in [3.63, 3.8) is 0 Å². The van der Waals surface area contributed by atoms with Crippen LogP contribution < -0.4 is 5.32 Å². The van der Waals surface area contributed by atoms with Crippen LogP contribution in [0.4, 0.5) is 0 Å². The molecule has 0 radical (unpaired) electrons. The van der Waals surface area contributed by atoms with Gasteiger partial charge < -0.3 is 5.32 Å². The van der Waals surface area contributed by atoms with Crippen molar-refractivity contribution >= 4 is 0 Å². The highest BCUT2D eigenvalue weighted by Crippen LogP contribution is 2.21. The fraction of sp³-hybridized carbons (Fsp3) is 0.824. The molecule has 3 heteroatoms. The molecular weight excluding hydrogens is 246 g/mol. The summed E-state index contributed by atoms with van der Waals surface area (Å²) in [5.74, 6) is 0. The van der Waals surface area contributed by atoms with Gasteiger partial charge in [-0.1, -0.05) is 45.4 Å². The van der Waals surface area contributed by atoms with E-state index < -0.39 is 0 Å². The molecule has 1 heterocycles. The summed E-state index contributed by atoms with van der Waals surface area (Å²) in [6.45, 7) is 9.86. The third-order valence-electron chi connectivity index (χ3n) is 4.28. The van der Waals surface area contributed by atoms with Gasteiger partial charge in [-0.3, -0.25) is 4.68 Å². The lowest BCUT2D eigenvalue weighted by molar-refractivity contribution is 0.513. The van der Waals surface area contributed by atoms with Crippen LogP contribution in [0.5, 0.6) is 0 Å². The van der Waals surface area contributed by atoms with E-state index in [1.165, 1.54) is 61.9 Å². The minimum atomic E-state index is 0.387. The summed E-state index contributed by atoms with van der Waals surface area (Å²) in [5, 5.41) is 8.02. The monoisotopic (exact) mass is 279 g/mol. The van der Waals surface area contributed by atoms with E-state index in [0.717, 1.165) is 6.54 Å². The highest BCUT2D eigenvalue weighted by atomic mass is 15.3. The summed E-state index contributed by atoms with van der Waals surface area (Å²) in [7, 11) is 2.01. The molecule has 116 valence electrons. The molecule has 1 rings (SSSR count). The number of nitrogens with zero attached hydrogens (tertiary/aromatic N) is 2. The van der Waals surface area contributed by atoms with Crippen LogP contribution in [0.2, 0.25) is 0 Å². The molecule has 0 aliphatic carbocycles. The Bertz CT molecular complexity index is 382. The minimum absolute atomic E-state index is 0.387. The first-order valence-corrected chi connectivity index (χ1v) is 8.33. The molecule has 20 heavy (non-hydrogen) atoms. The molecule has 1 aromatic heterocycles. The van der Waals surface area contributed by atoms with Gasteiger partial charge in [0.1, 0.15) is 0 Å². The summed E-state index contributed by atoms with van der Waals surface area (Å²) in [6.07, 6.45) is 9.48. The molecule has 1 N–H and O–H groups in total. The van der Waals surface area contributed by atoms with Gasteiger partial charge in [-0.15, -0.1) is 0 Å². The van der Waals surface area contributed by atoms with Gasteiger partial charge >= 0.3 is 0 Å². The molecule has 0 fully saturated rings. The molecule has 0 aromatic carbocycles. The van der Waals surface area contributed by atoms with E-state index in [2.05, 4.69) is 37.7 Å². The Morgan fingerprint density at radius 3 is 2.25 bits per heavy atom. The van der Waals surface area contributed by atoms with Gasteiger partial charge in [0.05, 0.1) is 5.69 Å². The minimum Gasteiger partial charge on any atom is -0.313 e. The lowest BCUT2D eigenvalue weighted by atomic mass is 10.1. The van der Waals surface area contributed by atoms with Gasteiger partial charge in [-0.05, 0) is 34.2 Å². The molecule has 3 nitrogen and oxygen atoms in total. The summed E-state index contributed by atoms with van der Waals surface area (Å²) in [5.41, 5.74) is 3.87. The third-order valence-corrected chi connectivity index (χ3v) is 4.28. The molecule has 0 saturated carbocycles. The molecule has 0 amide bonds. The average molecular weight is 279 g/mol. The van der Waals surface area contributed by atoms with Crippen LogP contribution in [0.3, 0.4) is 0 Å². The van der Waals surface area contributed by atoms with Crippen molar-refractivity contribution in [2.24, 2.45) is 0 Å². The van der Waals surface area contributed by atoms with Crippen LogP contribution in [0, 0.1) is 13.8 Å². The van der Waals surface area contributed by atoms with Gasteiger partial charge in [-0.2, -0.15) is 5.10 Å². The highest BCUT2D eigenvalue weighted by molar-refractivity contribution is 5.27. The van der Waals surface area contributed by atoms with Crippen LogP contribution in [0.1, 0.15) is 81.8 Å². The van der Waals surface area contributed by atoms with E-state index in [1.807, 2.05) is 7.05 Å². The van der Waals surface area contributed by atoms with E-state index in [-0.39, 0.29) is 0 Å². The standard InChI is InChI=1S/C17H33N3/c1-6-7-8-9-10-11-12-13-20-16(4)17(14(2)18-5)15(3)19-20/h14,18H,6-13H2,1-5H3. The topological polar surface area (TPSA) is 29.9 Å². The Morgan fingerprint density at radius 2 is 1.65 bits per heavy atom. The maximum Gasteiger partial charge on any atom is 0.0644 e. The van der Waals surface area contributed by atoms with E-state index in [4.69, 9.17) is 5.10 Å².